The molecule has 0 aliphatic carbocycles. The first-order valence-corrected chi connectivity index (χ1v) is 8.10. The Morgan fingerprint density at radius 2 is 2.07 bits per heavy atom. The molecule has 0 aliphatic heterocycles. The van der Waals surface area contributed by atoms with E-state index in [0.29, 0.717) is 23.6 Å². The van der Waals surface area contributed by atoms with E-state index in [9.17, 15) is 14.0 Å². The highest BCUT2D eigenvalue weighted by atomic mass is 19.1. The van der Waals surface area contributed by atoms with Gasteiger partial charge in [-0.1, -0.05) is 0 Å². The summed E-state index contributed by atoms with van der Waals surface area (Å²) in [6.45, 7) is 2.12. The summed E-state index contributed by atoms with van der Waals surface area (Å²) in [5.41, 5.74) is 11.0. The highest BCUT2D eigenvalue weighted by molar-refractivity contribution is 6.03. The van der Waals surface area contributed by atoms with Gasteiger partial charge in [-0.15, -0.1) is 0 Å². The number of aliphatic hydroxyl groups excluding tert-OH is 1. The third kappa shape index (κ3) is 4.96. The molecule has 0 spiro atoms. The number of aromatic nitrogens is 1. The van der Waals surface area contributed by atoms with Crippen LogP contribution in [0, 0.1) is 5.82 Å². The van der Waals surface area contributed by atoms with Crippen LogP contribution in [0.5, 0.6) is 5.75 Å². The van der Waals surface area contributed by atoms with Gasteiger partial charge >= 0.3 is 6.03 Å². The Morgan fingerprint density at radius 1 is 1.37 bits per heavy atom. The molecule has 9 nitrogen and oxygen atoms in total. The van der Waals surface area contributed by atoms with Crippen LogP contribution in [0.25, 0.3) is 11.3 Å². The SMILES string of the molecule is CC(Oc1ccc(F)cc1-c1cc(C(N)=O)c(NC(N)=O)[nH]1)N(C)CCO. The molecule has 0 bridgehead atoms. The van der Waals surface area contributed by atoms with Crippen LogP contribution in [0.2, 0.25) is 0 Å². The fraction of sp³-hybridized carbons (Fsp3) is 0.294. The number of carbonyl (C=O) groups excluding carboxylic acids is 2. The first-order chi connectivity index (χ1) is 12.7. The minimum Gasteiger partial charge on any atom is -0.475 e. The van der Waals surface area contributed by atoms with E-state index in [1.165, 1.54) is 24.3 Å². The fourth-order valence-electron chi connectivity index (χ4n) is 2.44. The summed E-state index contributed by atoms with van der Waals surface area (Å²) in [5, 5.41) is 11.3. The minimum atomic E-state index is -0.888. The molecular weight excluding hydrogens is 357 g/mol. The topological polar surface area (TPSA) is 147 Å². The number of hydrogen-bond donors (Lipinski definition) is 5. The van der Waals surface area contributed by atoms with Crippen molar-refractivity contribution < 1.29 is 23.8 Å². The number of nitrogens with one attached hydrogen (secondary N) is 2. The van der Waals surface area contributed by atoms with Gasteiger partial charge < -0.3 is 26.3 Å². The first kappa shape index (κ1) is 20.2. The number of primary amides is 2. The summed E-state index contributed by atoms with van der Waals surface area (Å²) in [6.07, 6.45) is -0.421. The number of carbonyl (C=O) groups is 2. The Hall–Kier alpha value is -3.11. The standard InChI is InChI=1S/C17H22FN5O4/c1-9(23(2)5-6-24)27-14-4-3-10(18)7-11(14)13-8-12(15(19)25)16(21-13)22-17(20)26/h3-4,7-9,21,24H,5-6H2,1-2H3,(H2,19,25)(H3,20,22,26). The largest absolute Gasteiger partial charge is 0.475 e. The Labute approximate surface area is 155 Å². The van der Waals surface area contributed by atoms with E-state index in [2.05, 4.69) is 10.3 Å². The fourth-order valence-corrected chi connectivity index (χ4v) is 2.44. The van der Waals surface area contributed by atoms with Crippen LogP contribution >= 0.6 is 0 Å². The Balaban J connectivity index is 2.44. The van der Waals surface area contributed by atoms with Gasteiger partial charge in [0.05, 0.1) is 17.9 Å². The van der Waals surface area contributed by atoms with Crippen molar-refractivity contribution in [2.45, 2.75) is 13.2 Å². The lowest BCUT2D eigenvalue weighted by atomic mass is 10.1. The molecule has 2 rings (SSSR count). The van der Waals surface area contributed by atoms with E-state index in [1.807, 2.05) is 0 Å². The quantitative estimate of drug-likeness (QED) is 0.435. The van der Waals surface area contributed by atoms with Crippen molar-refractivity contribution in [1.29, 1.82) is 0 Å². The van der Waals surface area contributed by atoms with Gasteiger partial charge in [-0.2, -0.15) is 0 Å². The van der Waals surface area contributed by atoms with Gasteiger partial charge in [-0.05, 0) is 38.2 Å². The molecule has 0 saturated carbocycles. The number of amides is 3. The van der Waals surface area contributed by atoms with Crippen molar-refractivity contribution in [3.8, 4) is 17.0 Å². The van der Waals surface area contributed by atoms with E-state index in [0.717, 1.165) is 0 Å². The van der Waals surface area contributed by atoms with Crippen molar-refractivity contribution in [2.75, 3.05) is 25.5 Å². The summed E-state index contributed by atoms with van der Waals surface area (Å²) >= 11 is 0. The molecule has 0 saturated heterocycles. The van der Waals surface area contributed by atoms with Gasteiger partial charge in [0.2, 0.25) is 0 Å². The first-order valence-electron chi connectivity index (χ1n) is 8.10. The molecule has 1 aromatic carbocycles. The van der Waals surface area contributed by atoms with Crippen molar-refractivity contribution in [2.24, 2.45) is 11.5 Å². The number of urea groups is 1. The number of nitrogens with zero attached hydrogens (tertiary/aromatic N) is 1. The molecule has 1 unspecified atom stereocenters. The minimum absolute atomic E-state index is 0.00524. The van der Waals surface area contributed by atoms with E-state index in [1.54, 1.807) is 18.9 Å². The molecule has 7 N–H and O–H groups in total. The van der Waals surface area contributed by atoms with Gasteiger partial charge in [-0.3, -0.25) is 15.0 Å². The number of ether oxygens (including phenoxy) is 1. The maximum Gasteiger partial charge on any atom is 0.317 e. The Bertz CT molecular complexity index is 839. The van der Waals surface area contributed by atoms with Gasteiger partial charge in [0, 0.05) is 12.1 Å². The number of nitrogens with two attached hydrogens (primary N) is 2. The molecule has 27 heavy (non-hydrogen) atoms. The lowest BCUT2D eigenvalue weighted by Gasteiger charge is -2.25. The molecule has 0 radical (unpaired) electrons. The summed E-state index contributed by atoms with van der Waals surface area (Å²) in [4.78, 5) is 27.3. The van der Waals surface area contributed by atoms with Crippen molar-refractivity contribution in [1.82, 2.24) is 9.88 Å². The molecule has 146 valence electrons. The zero-order chi connectivity index (χ0) is 20.1. The monoisotopic (exact) mass is 379 g/mol. The van der Waals surface area contributed by atoms with Gasteiger partial charge in [0.15, 0.2) is 0 Å². The second-order valence-corrected chi connectivity index (χ2v) is 5.89. The molecular formula is C17H22FN5O4. The number of H-pyrrole nitrogens is 1. The number of anilines is 1. The van der Waals surface area contributed by atoms with Crippen LogP contribution in [0.1, 0.15) is 17.3 Å². The number of halogens is 1. The summed E-state index contributed by atoms with van der Waals surface area (Å²) in [6, 6.07) is 4.38. The number of likely N-dealkylation sites (N-methyl/N-ethyl adjacent to an activating group) is 1. The molecule has 2 aromatic rings. The Kier molecular flexibility index (Phi) is 6.37. The van der Waals surface area contributed by atoms with E-state index < -0.39 is 24.0 Å². The van der Waals surface area contributed by atoms with Crippen molar-refractivity contribution in [3.05, 3.63) is 35.6 Å². The van der Waals surface area contributed by atoms with Gasteiger partial charge in [-0.25, -0.2) is 9.18 Å². The van der Waals surface area contributed by atoms with Crippen LogP contribution in [0.15, 0.2) is 24.3 Å². The molecule has 1 atom stereocenters. The second-order valence-electron chi connectivity index (χ2n) is 5.89. The zero-order valence-corrected chi connectivity index (χ0v) is 15.0. The predicted molar refractivity (Wildman–Crippen MR) is 97.7 cm³/mol. The highest BCUT2D eigenvalue weighted by Gasteiger charge is 2.19. The third-order valence-electron chi connectivity index (χ3n) is 3.93. The van der Waals surface area contributed by atoms with Crippen LogP contribution in [-0.2, 0) is 0 Å². The summed E-state index contributed by atoms with van der Waals surface area (Å²) in [5.74, 6) is -0.980. The highest BCUT2D eigenvalue weighted by Crippen LogP contribution is 2.33. The molecule has 3 amide bonds. The molecule has 1 aromatic heterocycles. The lowest BCUT2D eigenvalue weighted by molar-refractivity contribution is 0.0484. The molecule has 10 heteroatoms. The molecule has 0 aliphatic rings. The average molecular weight is 379 g/mol. The Morgan fingerprint density at radius 3 is 2.67 bits per heavy atom. The zero-order valence-electron chi connectivity index (χ0n) is 15.0. The van der Waals surface area contributed by atoms with E-state index in [-0.39, 0.29) is 18.0 Å². The summed E-state index contributed by atoms with van der Waals surface area (Å²) < 4.78 is 19.7. The molecule has 0 fully saturated rings. The lowest BCUT2D eigenvalue weighted by Crippen LogP contribution is -2.35. The summed E-state index contributed by atoms with van der Waals surface area (Å²) in [7, 11) is 1.76. The van der Waals surface area contributed by atoms with Crippen LogP contribution < -0.4 is 21.5 Å². The third-order valence-corrected chi connectivity index (χ3v) is 3.93. The van der Waals surface area contributed by atoms with Gasteiger partial charge in [0.1, 0.15) is 23.6 Å². The maximum atomic E-state index is 13.8. The predicted octanol–water partition coefficient (Wildman–Crippen LogP) is 1.06. The normalized spacial score (nSPS) is 12.0. The smallest absolute Gasteiger partial charge is 0.317 e. The maximum absolute atomic E-state index is 13.8. The molecule has 1 heterocycles. The van der Waals surface area contributed by atoms with Crippen LogP contribution in [-0.4, -0.2) is 53.4 Å². The average Bonchev–Trinajstić information content (AvgIpc) is 2.99. The number of rotatable bonds is 8. The van der Waals surface area contributed by atoms with Gasteiger partial charge in [0.25, 0.3) is 5.91 Å². The number of hydrogen-bond acceptors (Lipinski definition) is 5. The number of benzene rings is 1. The van der Waals surface area contributed by atoms with E-state index >= 15 is 0 Å². The van der Waals surface area contributed by atoms with Crippen LogP contribution in [0.3, 0.4) is 0 Å². The van der Waals surface area contributed by atoms with Crippen LogP contribution in [0.4, 0.5) is 15.0 Å². The number of aromatic amines is 1. The second kappa shape index (κ2) is 8.52. The number of aliphatic hydroxyl groups is 1. The van der Waals surface area contributed by atoms with Crippen molar-refractivity contribution in [3.63, 3.8) is 0 Å². The van der Waals surface area contributed by atoms with Crippen molar-refractivity contribution >= 4 is 17.8 Å². The van der Waals surface area contributed by atoms with E-state index in [4.69, 9.17) is 21.3 Å².